The maximum atomic E-state index is 14.4. The minimum Gasteiger partial charge on any atom is -0.494 e. The molecule has 1 N–H and O–H groups in total. The number of nitrogens with one attached hydrogen (secondary N) is 1. The minimum atomic E-state index is -4.21. The summed E-state index contributed by atoms with van der Waals surface area (Å²) in [5, 5.41) is 3.40. The summed E-state index contributed by atoms with van der Waals surface area (Å²) in [6.45, 7) is 5.90. The van der Waals surface area contributed by atoms with Gasteiger partial charge in [0.1, 0.15) is 18.3 Å². The number of hydrogen-bond donors (Lipinski definition) is 1. The van der Waals surface area contributed by atoms with Crippen LogP contribution in [-0.4, -0.2) is 50.9 Å². The van der Waals surface area contributed by atoms with Crippen molar-refractivity contribution in [1.82, 2.24) is 10.2 Å². The van der Waals surface area contributed by atoms with E-state index in [0.29, 0.717) is 29.6 Å². The maximum absolute atomic E-state index is 14.4. The molecular formula is C35H38ClN3O5S. The van der Waals surface area contributed by atoms with Crippen molar-refractivity contribution in [1.29, 1.82) is 0 Å². The number of amides is 2. The molecule has 0 spiro atoms. The van der Waals surface area contributed by atoms with Gasteiger partial charge in [-0.05, 0) is 80.4 Å². The van der Waals surface area contributed by atoms with Gasteiger partial charge in [-0.25, -0.2) is 8.42 Å². The summed E-state index contributed by atoms with van der Waals surface area (Å²) in [4.78, 5) is 29.4. The van der Waals surface area contributed by atoms with Crippen molar-refractivity contribution in [3.63, 3.8) is 0 Å². The number of nitrogens with zero attached hydrogens (tertiary/aromatic N) is 2. The average Bonchev–Trinajstić information content (AvgIpc) is 3.04. The third-order valence-corrected chi connectivity index (χ3v) is 9.25. The van der Waals surface area contributed by atoms with E-state index in [9.17, 15) is 18.0 Å². The Morgan fingerprint density at radius 3 is 2.09 bits per heavy atom. The van der Waals surface area contributed by atoms with E-state index in [-0.39, 0.29) is 23.8 Å². The van der Waals surface area contributed by atoms with Crippen LogP contribution < -0.4 is 14.4 Å². The molecule has 1 atom stereocenters. The lowest BCUT2D eigenvalue weighted by Gasteiger charge is -2.34. The van der Waals surface area contributed by atoms with E-state index in [2.05, 4.69) is 5.32 Å². The monoisotopic (exact) mass is 647 g/mol. The third kappa shape index (κ3) is 8.86. The van der Waals surface area contributed by atoms with Gasteiger partial charge >= 0.3 is 0 Å². The molecule has 0 aliphatic heterocycles. The fraction of sp³-hybridized carbons (Fsp3) is 0.257. The molecule has 45 heavy (non-hydrogen) atoms. The van der Waals surface area contributed by atoms with Crippen molar-refractivity contribution in [3.8, 4) is 5.75 Å². The van der Waals surface area contributed by atoms with E-state index < -0.39 is 28.5 Å². The van der Waals surface area contributed by atoms with Gasteiger partial charge in [-0.15, -0.1) is 0 Å². The molecular weight excluding hydrogens is 610 g/mol. The Hall–Kier alpha value is -4.34. The van der Waals surface area contributed by atoms with Gasteiger partial charge < -0.3 is 15.0 Å². The highest BCUT2D eigenvalue weighted by Crippen LogP contribution is 2.27. The number of carbonyl (C=O) groups excluding carboxylic acids is 2. The Morgan fingerprint density at radius 1 is 0.844 bits per heavy atom. The lowest BCUT2D eigenvalue weighted by Crippen LogP contribution is -2.53. The highest BCUT2D eigenvalue weighted by atomic mass is 35.5. The molecule has 4 rings (SSSR count). The van der Waals surface area contributed by atoms with Gasteiger partial charge in [0.15, 0.2) is 0 Å². The predicted molar refractivity (Wildman–Crippen MR) is 178 cm³/mol. The van der Waals surface area contributed by atoms with Crippen molar-refractivity contribution in [2.24, 2.45) is 0 Å². The molecule has 2 amide bonds. The highest BCUT2D eigenvalue weighted by Gasteiger charge is 2.34. The number of likely N-dealkylation sites (N-methyl/N-ethyl adjacent to an activating group) is 1. The van der Waals surface area contributed by atoms with Crippen LogP contribution in [0.1, 0.15) is 30.5 Å². The number of aryl methyl sites for hydroxylation is 1. The topological polar surface area (TPSA) is 96.0 Å². The van der Waals surface area contributed by atoms with Crippen LogP contribution in [0.25, 0.3) is 0 Å². The van der Waals surface area contributed by atoms with E-state index in [4.69, 9.17) is 16.3 Å². The Labute approximate surface area is 270 Å². The number of halogens is 1. The molecule has 0 saturated carbocycles. The van der Waals surface area contributed by atoms with Crippen LogP contribution in [0.2, 0.25) is 5.02 Å². The summed E-state index contributed by atoms with van der Waals surface area (Å²) in [5.41, 5.74) is 2.87. The summed E-state index contributed by atoms with van der Waals surface area (Å²) in [5.74, 6) is -0.332. The van der Waals surface area contributed by atoms with Crippen molar-refractivity contribution in [2.45, 2.75) is 44.7 Å². The molecule has 0 radical (unpaired) electrons. The highest BCUT2D eigenvalue weighted by molar-refractivity contribution is 7.92. The van der Waals surface area contributed by atoms with Gasteiger partial charge in [0.25, 0.3) is 10.0 Å². The number of benzene rings is 4. The number of anilines is 1. The van der Waals surface area contributed by atoms with Gasteiger partial charge in [0.05, 0.1) is 17.2 Å². The Bertz CT molecular complexity index is 1660. The van der Waals surface area contributed by atoms with Gasteiger partial charge in [-0.3, -0.25) is 13.9 Å². The predicted octanol–water partition coefficient (Wildman–Crippen LogP) is 6.02. The van der Waals surface area contributed by atoms with Crippen LogP contribution in [0.15, 0.2) is 108 Å². The van der Waals surface area contributed by atoms with Gasteiger partial charge in [0, 0.05) is 24.5 Å². The summed E-state index contributed by atoms with van der Waals surface area (Å²) >= 11 is 6.13. The van der Waals surface area contributed by atoms with Gasteiger partial charge in [-0.1, -0.05) is 71.8 Å². The molecule has 1 unspecified atom stereocenters. The maximum Gasteiger partial charge on any atom is 0.264 e. The zero-order valence-corrected chi connectivity index (χ0v) is 27.2. The molecule has 4 aromatic rings. The summed E-state index contributed by atoms with van der Waals surface area (Å²) in [7, 11) is -4.21. The first-order valence-corrected chi connectivity index (χ1v) is 16.6. The lowest BCUT2D eigenvalue weighted by atomic mass is 10.0. The molecule has 0 aliphatic rings. The van der Waals surface area contributed by atoms with Crippen LogP contribution in [0.3, 0.4) is 0 Å². The number of rotatable bonds is 14. The number of sulfonamides is 1. The van der Waals surface area contributed by atoms with E-state index in [1.54, 1.807) is 60.7 Å². The van der Waals surface area contributed by atoms with E-state index >= 15 is 0 Å². The first-order chi connectivity index (χ1) is 21.6. The molecule has 8 nitrogen and oxygen atoms in total. The van der Waals surface area contributed by atoms with Crippen molar-refractivity contribution in [2.75, 3.05) is 24.0 Å². The van der Waals surface area contributed by atoms with E-state index in [1.807, 2.05) is 51.1 Å². The lowest BCUT2D eigenvalue weighted by molar-refractivity contribution is -0.140. The minimum absolute atomic E-state index is 0.00754. The van der Waals surface area contributed by atoms with Gasteiger partial charge in [0.2, 0.25) is 11.8 Å². The van der Waals surface area contributed by atoms with Crippen molar-refractivity contribution in [3.05, 3.63) is 125 Å². The molecule has 10 heteroatoms. The summed E-state index contributed by atoms with van der Waals surface area (Å²) < 4.78 is 34.9. The molecule has 0 heterocycles. The molecule has 0 bridgehead atoms. The average molecular weight is 648 g/mol. The third-order valence-electron chi connectivity index (χ3n) is 7.21. The number of hydrogen-bond acceptors (Lipinski definition) is 5. The van der Waals surface area contributed by atoms with Gasteiger partial charge in [-0.2, -0.15) is 0 Å². The number of ether oxygens (including phenoxy) is 1. The fourth-order valence-electron chi connectivity index (χ4n) is 4.87. The Kier molecular flexibility index (Phi) is 11.6. The molecule has 4 aromatic carbocycles. The second kappa shape index (κ2) is 15.6. The van der Waals surface area contributed by atoms with E-state index in [1.165, 1.54) is 17.0 Å². The van der Waals surface area contributed by atoms with Crippen molar-refractivity contribution < 1.29 is 22.7 Å². The van der Waals surface area contributed by atoms with Crippen LogP contribution in [0.4, 0.5) is 5.69 Å². The molecule has 236 valence electrons. The molecule has 0 fully saturated rings. The molecule has 0 saturated heterocycles. The smallest absolute Gasteiger partial charge is 0.264 e. The first-order valence-electron chi connectivity index (χ1n) is 14.8. The second-order valence-electron chi connectivity index (χ2n) is 10.5. The first kappa shape index (κ1) is 33.6. The largest absolute Gasteiger partial charge is 0.494 e. The standard InChI is InChI=1S/C35H38ClN3O5S/c1-4-37-35(41)33(23-27-9-7-6-8-10-27)38(24-28-13-15-29(36)16-14-28)34(40)25-39(30-17-11-26(3)12-18-30)45(42,43)32-21-19-31(20-22-32)44-5-2/h6-22,33H,4-5,23-25H2,1-3H3,(H,37,41). The Morgan fingerprint density at radius 2 is 1.49 bits per heavy atom. The van der Waals surface area contributed by atoms with Crippen LogP contribution in [0, 0.1) is 6.92 Å². The Balaban J connectivity index is 1.77. The van der Waals surface area contributed by atoms with Crippen LogP contribution >= 0.6 is 11.6 Å². The van der Waals surface area contributed by atoms with Crippen LogP contribution in [0.5, 0.6) is 5.75 Å². The number of carbonyl (C=O) groups is 2. The molecule has 0 aromatic heterocycles. The van der Waals surface area contributed by atoms with Crippen molar-refractivity contribution >= 4 is 39.1 Å². The SMILES string of the molecule is CCNC(=O)C(Cc1ccccc1)N(Cc1ccc(Cl)cc1)C(=O)CN(c1ccc(C)cc1)S(=O)(=O)c1ccc(OCC)cc1. The summed E-state index contributed by atoms with van der Waals surface area (Å²) in [6.07, 6.45) is 0.238. The zero-order valence-electron chi connectivity index (χ0n) is 25.6. The fourth-order valence-corrected chi connectivity index (χ4v) is 6.41. The quantitative estimate of drug-likeness (QED) is 0.181. The molecule has 0 aliphatic carbocycles. The van der Waals surface area contributed by atoms with Crippen LogP contribution in [-0.2, 0) is 32.6 Å². The summed E-state index contributed by atoms with van der Waals surface area (Å²) in [6, 6.07) is 28.5. The normalized spacial score (nSPS) is 11.8. The zero-order chi connectivity index (χ0) is 32.4. The second-order valence-corrected chi connectivity index (χ2v) is 12.8. The van der Waals surface area contributed by atoms with E-state index in [0.717, 1.165) is 21.0 Å².